The van der Waals surface area contributed by atoms with E-state index in [2.05, 4.69) is 217 Å². The molecule has 0 saturated heterocycles. The van der Waals surface area contributed by atoms with Crippen molar-refractivity contribution in [2.45, 2.75) is 12.8 Å². The van der Waals surface area contributed by atoms with Crippen LogP contribution in [0.4, 0.5) is 34.1 Å². The summed E-state index contributed by atoms with van der Waals surface area (Å²) in [4.78, 5) is 4.65. The van der Waals surface area contributed by atoms with Crippen molar-refractivity contribution in [3.8, 4) is 0 Å². The van der Waals surface area contributed by atoms with E-state index in [1.807, 2.05) is 6.08 Å². The van der Waals surface area contributed by atoms with E-state index < -0.39 is 0 Å². The Morgan fingerprint density at radius 3 is 1.55 bits per heavy atom. The number of aryl methyl sites for hydroxylation is 1. The van der Waals surface area contributed by atoms with Crippen molar-refractivity contribution in [3.63, 3.8) is 0 Å². The summed E-state index contributed by atoms with van der Waals surface area (Å²) in [5.41, 5.74) is 14.3. The lowest BCUT2D eigenvalue weighted by Gasteiger charge is -2.31. The predicted molar refractivity (Wildman–Crippen MR) is 226 cm³/mol. The standard InChI is InChI=1S/C50H41N3/c1-4-36-33-41(52(37-17-9-5-10-18-37)38-19-11-6-12-20-38)26-29-43(36)49-35(2)25-28-45-44(49)31-32-47-50(45)46-30-27-42(34-48(46)51(47)3)53(39-21-13-7-14-22-39)40-23-15-8-16-24-40/h4-35,49H,1H2,2-3H3. The highest BCUT2D eigenvalue weighted by Gasteiger charge is 2.29. The van der Waals surface area contributed by atoms with Gasteiger partial charge in [-0.25, -0.2) is 0 Å². The minimum Gasteiger partial charge on any atom is -0.344 e. The summed E-state index contributed by atoms with van der Waals surface area (Å²) >= 11 is 0. The molecule has 0 aliphatic heterocycles. The van der Waals surface area contributed by atoms with Crippen LogP contribution < -0.4 is 9.80 Å². The van der Waals surface area contributed by atoms with E-state index in [9.17, 15) is 0 Å². The van der Waals surface area contributed by atoms with E-state index in [1.165, 1.54) is 38.5 Å². The summed E-state index contributed by atoms with van der Waals surface area (Å²) < 4.78 is 2.36. The number of hydrogen-bond acceptors (Lipinski definition) is 2. The van der Waals surface area contributed by atoms with Gasteiger partial charge in [-0.1, -0.05) is 123 Å². The molecule has 0 saturated carbocycles. The first-order valence-electron chi connectivity index (χ1n) is 18.4. The van der Waals surface area contributed by atoms with Gasteiger partial charge in [0.2, 0.25) is 0 Å². The maximum Gasteiger partial charge on any atom is 0.0509 e. The molecule has 2 unspecified atom stereocenters. The molecule has 0 amide bonds. The van der Waals surface area contributed by atoms with Gasteiger partial charge >= 0.3 is 0 Å². The van der Waals surface area contributed by atoms with Crippen molar-refractivity contribution in [1.82, 2.24) is 4.57 Å². The minimum absolute atomic E-state index is 0.185. The summed E-state index contributed by atoms with van der Waals surface area (Å²) in [6, 6.07) is 60.9. The highest BCUT2D eigenvalue weighted by Crippen LogP contribution is 2.47. The minimum atomic E-state index is 0.185. The topological polar surface area (TPSA) is 11.4 Å². The van der Waals surface area contributed by atoms with E-state index >= 15 is 0 Å². The first-order chi connectivity index (χ1) is 26.1. The smallest absolute Gasteiger partial charge is 0.0509 e. The zero-order valence-electron chi connectivity index (χ0n) is 30.1. The maximum atomic E-state index is 4.33. The molecule has 0 radical (unpaired) electrons. The fourth-order valence-corrected chi connectivity index (χ4v) is 8.37. The molecule has 1 aliphatic carbocycles. The Bertz CT molecular complexity index is 2520. The summed E-state index contributed by atoms with van der Waals surface area (Å²) in [6.07, 6.45) is 6.79. The first-order valence-corrected chi connectivity index (χ1v) is 18.4. The Morgan fingerprint density at radius 1 is 0.528 bits per heavy atom. The molecule has 1 heterocycles. The maximum absolute atomic E-state index is 4.33. The molecule has 0 fully saturated rings. The molecule has 0 bridgehead atoms. The Balaban J connectivity index is 1.16. The van der Waals surface area contributed by atoms with Gasteiger partial charge in [-0.3, -0.25) is 0 Å². The molecule has 3 heteroatoms. The summed E-state index contributed by atoms with van der Waals surface area (Å²) in [6.45, 7) is 6.67. The van der Waals surface area contributed by atoms with Crippen molar-refractivity contribution in [3.05, 3.63) is 205 Å². The Labute approximate surface area is 312 Å². The van der Waals surface area contributed by atoms with E-state index in [1.54, 1.807) is 0 Å². The van der Waals surface area contributed by atoms with Crippen LogP contribution in [0.25, 0.3) is 34.0 Å². The molecule has 0 spiro atoms. The highest BCUT2D eigenvalue weighted by molar-refractivity contribution is 6.13. The number of fused-ring (bicyclic) bond motifs is 5. The van der Waals surface area contributed by atoms with Gasteiger partial charge in [-0.15, -0.1) is 0 Å². The van der Waals surface area contributed by atoms with Crippen molar-refractivity contribution in [2.24, 2.45) is 13.0 Å². The van der Waals surface area contributed by atoms with Crippen molar-refractivity contribution in [1.29, 1.82) is 0 Å². The molecule has 2 atom stereocenters. The van der Waals surface area contributed by atoms with Gasteiger partial charge in [0.05, 0.1) is 5.52 Å². The van der Waals surface area contributed by atoms with Gasteiger partial charge in [-0.05, 0) is 107 Å². The average molecular weight is 684 g/mol. The fourth-order valence-electron chi connectivity index (χ4n) is 8.37. The molecule has 1 aliphatic rings. The van der Waals surface area contributed by atoms with Crippen LogP contribution >= 0.6 is 0 Å². The SMILES string of the molecule is C=Cc1cc(N(c2ccccc2)c2ccccc2)ccc1C1c2ccc3c(c2C=CC1C)c1ccc(N(c2ccccc2)c2ccccc2)cc1n3C. The number of hydrogen-bond donors (Lipinski definition) is 0. The second kappa shape index (κ2) is 13.5. The van der Waals surface area contributed by atoms with E-state index in [4.69, 9.17) is 0 Å². The molecule has 3 nitrogen and oxygen atoms in total. The molecule has 0 N–H and O–H groups in total. The average Bonchev–Trinajstić information content (AvgIpc) is 3.50. The van der Waals surface area contributed by atoms with Crippen molar-refractivity contribution >= 4 is 68.1 Å². The monoisotopic (exact) mass is 683 g/mol. The predicted octanol–water partition coefficient (Wildman–Crippen LogP) is 13.7. The second-order valence-electron chi connectivity index (χ2n) is 13.9. The van der Waals surface area contributed by atoms with Crippen LogP contribution in [0.2, 0.25) is 0 Å². The van der Waals surface area contributed by atoms with Crippen LogP contribution in [0.3, 0.4) is 0 Å². The Morgan fingerprint density at radius 2 is 1.02 bits per heavy atom. The van der Waals surface area contributed by atoms with Gasteiger partial charge in [-0.2, -0.15) is 0 Å². The summed E-state index contributed by atoms with van der Waals surface area (Å²) in [7, 11) is 2.20. The van der Waals surface area contributed by atoms with Crippen LogP contribution in [0.5, 0.6) is 0 Å². The first kappa shape index (κ1) is 32.3. The third-order valence-electron chi connectivity index (χ3n) is 10.9. The number of allylic oxidation sites excluding steroid dienone is 1. The number of aromatic nitrogens is 1. The van der Waals surface area contributed by atoms with Crippen molar-refractivity contribution in [2.75, 3.05) is 9.80 Å². The largest absolute Gasteiger partial charge is 0.344 e. The quantitative estimate of drug-likeness (QED) is 0.158. The van der Waals surface area contributed by atoms with Gasteiger partial charge < -0.3 is 14.4 Å². The molecule has 256 valence electrons. The Hall–Kier alpha value is -6.58. The van der Waals surface area contributed by atoms with Gasteiger partial charge in [0, 0.05) is 63.4 Å². The normalized spacial score (nSPS) is 15.0. The molecule has 7 aromatic carbocycles. The lowest BCUT2D eigenvalue weighted by molar-refractivity contribution is 0.618. The Kier molecular flexibility index (Phi) is 8.25. The summed E-state index contributed by atoms with van der Waals surface area (Å²) in [5, 5.41) is 2.57. The third-order valence-corrected chi connectivity index (χ3v) is 10.9. The number of rotatable bonds is 8. The molecular formula is C50H41N3. The number of benzene rings is 7. The molecule has 1 aromatic heterocycles. The number of para-hydroxylation sites is 4. The lowest BCUT2D eigenvalue weighted by atomic mass is 9.74. The zero-order valence-corrected chi connectivity index (χ0v) is 30.1. The molecular weight excluding hydrogens is 643 g/mol. The van der Waals surface area contributed by atoms with Crippen LogP contribution in [-0.4, -0.2) is 4.57 Å². The zero-order chi connectivity index (χ0) is 35.9. The molecule has 9 rings (SSSR count). The van der Waals surface area contributed by atoms with Gasteiger partial charge in [0.15, 0.2) is 0 Å². The molecule has 53 heavy (non-hydrogen) atoms. The van der Waals surface area contributed by atoms with Crippen LogP contribution in [-0.2, 0) is 7.05 Å². The van der Waals surface area contributed by atoms with Crippen LogP contribution in [0.1, 0.15) is 35.1 Å². The second-order valence-corrected chi connectivity index (χ2v) is 13.9. The van der Waals surface area contributed by atoms with Gasteiger partial charge in [0.25, 0.3) is 0 Å². The number of nitrogens with zero attached hydrogens (tertiary/aromatic N) is 3. The van der Waals surface area contributed by atoms with Crippen LogP contribution in [0, 0.1) is 5.92 Å². The van der Waals surface area contributed by atoms with Crippen LogP contribution in [0.15, 0.2) is 183 Å². The molecule has 8 aromatic rings. The van der Waals surface area contributed by atoms with Crippen molar-refractivity contribution < 1.29 is 0 Å². The number of anilines is 6. The fraction of sp³-hybridized carbons (Fsp3) is 0.0800. The summed E-state index contributed by atoms with van der Waals surface area (Å²) in [5.74, 6) is 0.500. The third kappa shape index (κ3) is 5.62. The van der Waals surface area contributed by atoms with E-state index in [-0.39, 0.29) is 5.92 Å². The van der Waals surface area contributed by atoms with E-state index in [0.29, 0.717) is 5.92 Å². The lowest BCUT2D eigenvalue weighted by Crippen LogP contribution is -2.16. The van der Waals surface area contributed by atoms with Gasteiger partial charge in [0.1, 0.15) is 0 Å². The van der Waals surface area contributed by atoms with E-state index in [0.717, 1.165) is 39.7 Å². The highest BCUT2D eigenvalue weighted by atomic mass is 15.1.